The van der Waals surface area contributed by atoms with Gasteiger partial charge in [-0.15, -0.1) is 0 Å². The van der Waals surface area contributed by atoms with Gasteiger partial charge in [0.05, 0.1) is 5.92 Å². The van der Waals surface area contributed by atoms with Crippen LogP contribution in [0.1, 0.15) is 24.3 Å². The highest BCUT2D eigenvalue weighted by atomic mass is 79.9. The largest absolute Gasteiger partial charge is 0.481 e. The third kappa shape index (κ3) is 2.20. The monoisotopic (exact) mass is 272 g/mol. The third-order valence-electron chi connectivity index (χ3n) is 2.66. The second-order valence-electron chi connectivity index (χ2n) is 3.82. The SMILES string of the molecule is O=C(O)C(c1ccc(Br)cc1F)C1CC1. The molecule has 1 unspecified atom stereocenters. The number of hydrogen-bond donors (Lipinski definition) is 1. The summed E-state index contributed by atoms with van der Waals surface area (Å²) in [6.45, 7) is 0. The van der Waals surface area contributed by atoms with Crippen molar-refractivity contribution >= 4 is 21.9 Å². The smallest absolute Gasteiger partial charge is 0.311 e. The van der Waals surface area contributed by atoms with E-state index in [0.717, 1.165) is 12.8 Å². The van der Waals surface area contributed by atoms with E-state index in [1.54, 1.807) is 12.1 Å². The molecule has 0 saturated heterocycles. The Morgan fingerprint density at radius 1 is 1.53 bits per heavy atom. The van der Waals surface area contributed by atoms with Crippen molar-refractivity contribution < 1.29 is 14.3 Å². The van der Waals surface area contributed by atoms with Crippen molar-refractivity contribution in [2.45, 2.75) is 18.8 Å². The lowest BCUT2D eigenvalue weighted by Gasteiger charge is -2.12. The molecule has 1 saturated carbocycles. The van der Waals surface area contributed by atoms with Crippen LogP contribution < -0.4 is 0 Å². The van der Waals surface area contributed by atoms with Gasteiger partial charge in [0.15, 0.2) is 0 Å². The van der Waals surface area contributed by atoms with Crippen molar-refractivity contribution in [3.8, 4) is 0 Å². The molecule has 80 valence electrons. The molecular weight excluding hydrogens is 263 g/mol. The summed E-state index contributed by atoms with van der Waals surface area (Å²) < 4.78 is 14.2. The van der Waals surface area contributed by atoms with Gasteiger partial charge >= 0.3 is 5.97 Å². The molecular formula is C11H10BrFO2. The summed E-state index contributed by atoms with van der Waals surface area (Å²) in [6, 6.07) is 4.54. The van der Waals surface area contributed by atoms with E-state index in [1.807, 2.05) is 0 Å². The molecule has 1 aromatic carbocycles. The zero-order valence-electron chi connectivity index (χ0n) is 7.91. The Hall–Kier alpha value is -0.900. The third-order valence-corrected chi connectivity index (χ3v) is 3.15. The van der Waals surface area contributed by atoms with Crippen LogP contribution in [0.3, 0.4) is 0 Å². The summed E-state index contributed by atoms with van der Waals surface area (Å²) in [7, 11) is 0. The maximum atomic E-state index is 13.6. The van der Waals surface area contributed by atoms with Gasteiger partial charge in [-0.3, -0.25) is 4.79 Å². The summed E-state index contributed by atoms with van der Waals surface area (Å²) in [6.07, 6.45) is 1.76. The molecule has 0 radical (unpaired) electrons. The molecule has 1 aliphatic carbocycles. The van der Waals surface area contributed by atoms with Crippen LogP contribution >= 0.6 is 15.9 Å². The molecule has 2 rings (SSSR count). The van der Waals surface area contributed by atoms with E-state index < -0.39 is 17.7 Å². The van der Waals surface area contributed by atoms with Gasteiger partial charge < -0.3 is 5.11 Å². The van der Waals surface area contributed by atoms with Crippen LogP contribution in [-0.2, 0) is 4.79 Å². The van der Waals surface area contributed by atoms with Crippen LogP contribution in [0.25, 0.3) is 0 Å². The average Bonchev–Trinajstić information content (AvgIpc) is 2.92. The first kappa shape index (κ1) is 10.6. The lowest BCUT2D eigenvalue weighted by molar-refractivity contribution is -0.139. The van der Waals surface area contributed by atoms with E-state index in [4.69, 9.17) is 5.11 Å². The number of halogens is 2. The molecule has 0 bridgehead atoms. The number of benzene rings is 1. The first-order valence-electron chi connectivity index (χ1n) is 4.77. The van der Waals surface area contributed by atoms with E-state index >= 15 is 0 Å². The van der Waals surface area contributed by atoms with E-state index in [1.165, 1.54) is 6.07 Å². The summed E-state index contributed by atoms with van der Waals surface area (Å²) >= 11 is 3.15. The fraction of sp³-hybridized carbons (Fsp3) is 0.364. The van der Waals surface area contributed by atoms with Gasteiger partial charge in [-0.1, -0.05) is 22.0 Å². The molecule has 0 amide bonds. The summed E-state index contributed by atoms with van der Waals surface area (Å²) in [5, 5.41) is 9.05. The predicted molar refractivity (Wildman–Crippen MR) is 57.2 cm³/mol. The highest BCUT2D eigenvalue weighted by molar-refractivity contribution is 9.10. The van der Waals surface area contributed by atoms with Gasteiger partial charge in [0.2, 0.25) is 0 Å². The van der Waals surface area contributed by atoms with Crippen LogP contribution in [0, 0.1) is 11.7 Å². The van der Waals surface area contributed by atoms with E-state index in [-0.39, 0.29) is 5.92 Å². The molecule has 1 N–H and O–H groups in total. The van der Waals surface area contributed by atoms with Crippen molar-refractivity contribution in [3.63, 3.8) is 0 Å². The van der Waals surface area contributed by atoms with Crippen LogP contribution in [0.2, 0.25) is 0 Å². The number of carbonyl (C=O) groups is 1. The van der Waals surface area contributed by atoms with Crippen LogP contribution in [0.4, 0.5) is 4.39 Å². The lowest BCUT2D eigenvalue weighted by Crippen LogP contribution is -2.15. The molecule has 4 heteroatoms. The van der Waals surface area contributed by atoms with Gasteiger partial charge in [-0.05, 0) is 30.9 Å². The van der Waals surface area contributed by atoms with E-state index in [9.17, 15) is 9.18 Å². The highest BCUT2D eigenvalue weighted by Gasteiger charge is 2.38. The maximum absolute atomic E-state index is 13.6. The van der Waals surface area contributed by atoms with Gasteiger partial charge in [0, 0.05) is 10.0 Å². The number of carboxylic acids is 1. The van der Waals surface area contributed by atoms with Crippen molar-refractivity contribution in [1.29, 1.82) is 0 Å². The van der Waals surface area contributed by atoms with Gasteiger partial charge in [-0.2, -0.15) is 0 Å². The number of rotatable bonds is 3. The van der Waals surface area contributed by atoms with E-state index in [2.05, 4.69) is 15.9 Å². The molecule has 15 heavy (non-hydrogen) atoms. The lowest BCUT2D eigenvalue weighted by atomic mass is 9.94. The van der Waals surface area contributed by atoms with Crippen LogP contribution in [0.5, 0.6) is 0 Å². The minimum Gasteiger partial charge on any atom is -0.481 e. The first-order chi connectivity index (χ1) is 7.09. The highest BCUT2D eigenvalue weighted by Crippen LogP contribution is 2.43. The summed E-state index contributed by atoms with van der Waals surface area (Å²) in [5.41, 5.74) is 0.299. The van der Waals surface area contributed by atoms with Crippen LogP contribution in [0.15, 0.2) is 22.7 Å². The fourth-order valence-electron chi connectivity index (χ4n) is 1.77. The minimum atomic E-state index is -0.932. The normalized spacial score (nSPS) is 17.5. The fourth-order valence-corrected chi connectivity index (χ4v) is 2.11. The second kappa shape index (κ2) is 3.93. The Kier molecular flexibility index (Phi) is 2.78. The summed E-state index contributed by atoms with van der Waals surface area (Å²) in [5.74, 6) is -1.95. The molecule has 1 fully saturated rings. The van der Waals surface area contributed by atoms with Gasteiger partial charge in [0.1, 0.15) is 5.82 Å². The Morgan fingerprint density at radius 3 is 2.67 bits per heavy atom. The second-order valence-corrected chi connectivity index (χ2v) is 4.73. The zero-order chi connectivity index (χ0) is 11.0. The predicted octanol–water partition coefficient (Wildman–Crippen LogP) is 3.17. The quantitative estimate of drug-likeness (QED) is 0.918. The minimum absolute atomic E-state index is 0.109. The maximum Gasteiger partial charge on any atom is 0.311 e. The van der Waals surface area contributed by atoms with Gasteiger partial charge in [0.25, 0.3) is 0 Å². The topological polar surface area (TPSA) is 37.3 Å². The molecule has 0 spiro atoms. The van der Waals surface area contributed by atoms with E-state index in [0.29, 0.717) is 10.0 Å². The zero-order valence-corrected chi connectivity index (χ0v) is 9.50. The van der Waals surface area contributed by atoms with Crippen LogP contribution in [-0.4, -0.2) is 11.1 Å². The first-order valence-corrected chi connectivity index (χ1v) is 5.56. The van der Waals surface area contributed by atoms with Crippen molar-refractivity contribution in [2.75, 3.05) is 0 Å². The summed E-state index contributed by atoms with van der Waals surface area (Å²) in [4.78, 5) is 11.0. The molecule has 1 atom stereocenters. The number of aliphatic carboxylic acids is 1. The standard InChI is InChI=1S/C11H10BrFO2/c12-7-3-4-8(9(13)5-7)10(11(14)15)6-1-2-6/h3-6,10H,1-2H2,(H,14,15). The molecule has 0 aliphatic heterocycles. The Bertz CT molecular complexity index is 402. The molecule has 0 heterocycles. The molecule has 2 nitrogen and oxygen atoms in total. The number of hydrogen-bond acceptors (Lipinski definition) is 1. The van der Waals surface area contributed by atoms with Crippen molar-refractivity contribution in [3.05, 3.63) is 34.1 Å². The molecule has 0 aromatic heterocycles. The van der Waals surface area contributed by atoms with Gasteiger partial charge in [-0.25, -0.2) is 4.39 Å². The molecule has 1 aliphatic rings. The van der Waals surface area contributed by atoms with Crippen molar-refractivity contribution in [2.24, 2.45) is 5.92 Å². The Balaban J connectivity index is 2.37. The van der Waals surface area contributed by atoms with Crippen molar-refractivity contribution in [1.82, 2.24) is 0 Å². The molecule has 1 aromatic rings. The Labute approximate surface area is 95.2 Å². The average molecular weight is 273 g/mol. The Morgan fingerprint density at radius 2 is 2.20 bits per heavy atom. The number of carboxylic acid groups (broad SMARTS) is 1.